The zero-order valence-corrected chi connectivity index (χ0v) is 25.8. The van der Waals surface area contributed by atoms with Crippen molar-refractivity contribution in [3.8, 4) is 22.9 Å². The lowest BCUT2D eigenvalue weighted by Crippen LogP contribution is -2.43. The second-order valence-electron chi connectivity index (χ2n) is 13.8. The molecule has 4 aromatic rings. The van der Waals surface area contributed by atoms with Gasteiger partial charge in [0.25, 0.3) is 0 Å². The van der Waals surface area contributed by atoms with Gasteiger partial charge in [0.1, 0.15) is 23.7 Å². The van der Waals surface area contributed by atoms with E-state index in [1.165, 1.54) is 12.8 Å². The van der Waals surface area contributed by atoms with Crippen LogP contribution in [0.4, 0.5) is 10.2 Å². The Hall–Kier alpha value is -3.49. The van der Waals surface area contributed by atoms with Crippen LogP contribution in [0.2, 0.25) is 0 Å². The molecule has 2 bridgehead atoms. The van der Waals surface area contributed by atoms with Gasteiger partial charge in [-0.25, -0.2) is 4.39 Å². The minimum Gasteiger partial charge on any atom is -0.508 e. The standard InChI is InChI=1S/C36H42FN5O2/c1-3-23-6-4-7-24-16-27(43)17-30(31(23)24)28-10-11-29-33(32(28)37)39-35(44-21-36-13-5-14-42(36)19-22(2)18-36)40-34(29)41-15-12-25-8-9-26(20-41)38-25/h4,6-7,10-11,16-17,22,25-26,38,43H,3,5,8-9,12-15,18-21H2,1-2H3/t22-,25-,26+,36+/m1/s1. The lowest BCUT2D eigenvalue weighted by Gasteiger charge is -2.31. The molecule has 8 rings (SSSR count). The zero-order valence-electron chi connectivity index (χ0n) is 25.8. The summed E-state index contributed by atoms with van der Waals surface area (Å²) in [6, 6.07) is 14.4. The molecule has 8 heteroatoms. The van der Waals surface area contributed by atoms with Gasteiger partial charge in [-0.15, -0.1) is 0 Å². The van der Waals surface area contributed by atoms with Crippen molar-refractivity contribution in [1.29, 1.82) is 0 Å². The number of aryl methyl sites for hydroxylation is 1. The largest absolute Gasteiger partial charge is 0.508 e. The van der Waals surface area contributed by atoms with Gasteiger partial charge in [0.05, 0.1) is 5.54 Å². The molecule has 0 aliphatic carbocycles. The van der Waals surface area contributed by atoms with Crippen LogP contribution in [0.1, 0.15) is 57.9 Å². The summed E-state index contributed by atoms with van der Waals surface area (Å²) in [5.74, 6) is 1.10. The Bertz CT molecular complexity index is 1750. The molecule has 0 radical (unpaired) electrons. The summed E-state index contributed by atoms with van der Waals surface area (Å²) < 4.78 is 23.4. The maximum atomic E-state index is 16.9. The predicted octanol–water partition coefficient (Wildman–Crippen LogP) is 6.44. The van der Waals surface area contributed by atoms with Gasteiger partial charge in [-0.05, 0) is 97.5 Å². The predicted molar refractivity (Wildman–Crippen MR) is 173 cm³/mol. The van der Waals surface area contributed by atoms with Gasteiger partial charge in [-0.2, -0.15) is 9.97 Å². The first kappa shape index (κ1) is 28.0. The highest BCUT2D eigenvalue weighted by Gasteiger charge is 2.47. The Morgan fingerprint density at radius 3 is 2.82 bits per heavy atom. The Morgan fingerprint density at radius 1 is 1.05 bits per heavy atom. The fraction of sp³-hybridized carbons (Fsp3) is 0.500. The number of fused-ring (bicyclic) bond motifs is 5. The molecule has 4 aliphatic rings. The fourth-order valence-electron chi connectivity index (χ4n) is 8.79. The van der Waals surface area contributed by atoms with Crippen molar-refractivity contribution in [2.75, 3.05) is 37.7 Å². The van der Waals surface area contributed by atoms with Crippen LogP contribution >= 0.6 is 0 Å². The number of phenolic OH excluding ortho intramolecular Hbond substituents is 1. The first-order valence-electron chi connectivity index (χ1n) is 16.5. The Morgan fingerprint density at radius 2 is 1.93 bits per heavy atom. The summed E-state index contributed by atoms with van der Waals surface area (Å²) in [6.45, 7) is 8.84. The van der Waals surface area contributed by atoms with Crippen LogP contribution in [-0.2, 0) is 6.42 Å². The van der Waals surface area contributed by atoms with Crippen LogP contribution in [-0.4, -0.2) is 70.4 Å². The molecule has 1 aromatic heterocycles. The summed E-state index contributed by atoms with van der Waals surface area (Å²) in [7, 11) is 0. The first-order valence-corrected chi connectivity index (χ1v) is 16.5. The van der Waals surface area contributed by atoms with E-state index in [-0.39, 0.29) is 22.8 Å². The van der Waals surface area contributed by atoms with E-state index in [4.69, 9.17) is 14.7 Å². The Kier molecular flexibility index (Phi) is 6.90. The number of rotatable bonds is 6. The topological polar surface area (TPSA) is 73.8 Å². The van der Waals surface area contributed by atoms with E-state index < -0.39 is 5.82 Å². The fourth-order valence-corrected chi connectivity index (χ4v) is 8.79. The number of halogens is 1. The van der Waals surface area contributed by atoms with E-state index in [0.29, 0.717) is 41.1 Å². The smallest absolute Gasteiger partial charge is 0.319 e. The molecule has 230 valence electrons. The van der Waals surface area contributed by atoms with Crippen LogP contribution in [0, 0.1) is 11.7 Å². The van der Waals surface area contributed by atoms with Crippen molar-refractivity contribution in [3.05, 3.63) is 53.8 Å². The third kappa shape index (κ3) is 4.69. The van der Waals surface area contributed by atoms with Gasteiger partial charge < -0.3 is 20.1 Å². The minimum atomic E-state index is -0.404. The quantitative estimate of drug-likeness (QED) is 0.266. The molecule has 4 atom stereocenters. The normalized spacial score (nSPS) is 26.9. The van der Waals surface area contributed by atoms with Crippen LogP contribution in [0.25, 0.3) is 32.8 Å². The van der Waals surface area contributed by atoms with Crippen LogP contribution in [0.3, 0.4) is 0 Å². The lowest BCUT2D eigenvalue weighted by molar-refractivity contribution is 0.107. The molecule has 0 unspecified atom stereocenters. The highest BCUT2D eigenvalue weighted by atomic mass is 19.1. The van der Waals surface area contributed by atoms with E-state index in [2.05, 4.69) is 35.0 Å². The van der Waals surface area contributed by atoms with E-state index in [1.807, 2.05) is 24.3 Å². The third-order valence-corrected chi connectivity index (χ3v) is 10.8. The van der Waals surface area contributed by atoms with Crippen molar-refractivity contribution in [3.63, 3.8) is 0 Å². The summed E-state index contributed by atoms with van der Waals surface area (Å²) in [4.78, 5) is 14.7. The number of aromatic hydroxyl groups is 1. The molecular formula is C36H42FN5O2. The number of aromatic nitrogens is 2. The maximum absolute atomic E-state index is 16.9. The number of anilines is 1. The summed E-state index contributed by atoms with van der Waals surface area (Å²) in [5.41, 5.74) is 2.51. The average Bonchev–Trinajstić information content (AvgIpc) is 3.66. The van der Waals surface area contributed by atoms with Gasteiger partial charge >= 0.3 is 6.01 Å². The lowest BCUT2D eigenvalue weighted by atomic mass is 9.91. The molecule has 7 nitrogen and oxygen atoms in total. The molecule has 44 heavy (non-hydrogen) atoms. The van der Waals surface area contributed by atoms with Crippen molar-refractivity contribution < 1.29 is 14.2 Å². The third-order valence-electron chi connectivity index (χ3n) is 10.8. The van der Waals surface area contributed by atoms with Gasteiger partial charge in [0.2, 0.25) is 0 Å². The van der Waals surface area contributed by atoms with E-state index >= 15 is 4.39 Å². The summed E-state index contributed by atoms with van der Waals surface area (Å²) in [6.07, 6.45) is 7.59. The second-order valence-corrected chi connectivity index (χ2v) is 13.8. The number of nitrogens with one attached hydrogen (secondary N) is 1. The Balaban J connectivity index is 1.26. The molecule has 3 aromatic carbocycles. The van der Waals surface area contributed by atoms with Crippen molar-refractivity contribution in [2.45, 2.75) is 76.4 Å². The van der Waals surface area contributed by atoms with Gasteiger partial charge in [-0.1, -0.05) is 38.1 Å². The number of phenols is 1. The van der Waals surface area contributed by atoms with E-state index in [9.17, 15) is 5.11 Å². The van der Waals surface area contributed by atoms with Crippen molar-refractivity contribution >= 4 is 27.5 Å². The number of ether oxygens (including phenoxy) is 1. The van der Waals surface area contributed by atoms with Crippen molar-refractivity contribution in [2.24, 2.45) is 5.92 Å². The highest BCUT2D eigenvalue weighted by molar-refractivity contribution is 6.03. The summed E-state index contributed by atoms with van der Waals surface area (Å²) >= 11 is 0. The molecule has 4 saturated heterocycles. The number of hydrogen-bond acceptors (Lipinski definition) is 7. The maximum Gasteiger partial charge on any atom is 0.319 e. The van der Waals surface area contributed by atoms with E-state index in [1.54, 1.807) is 12.1 Å². The molecule has 2 N–H and O–H groups in total. The molecule has 4 fully saturated rings. The van der Waals surface area contributed by atoms with E-state index in [0.717, 1.165) is 80.4 Å². The summed E-state index contributed by atoms with van der Waals surface area (Å²) in [5, 5.41) is 17.0. The number of nitrogens with zero attached hydrogens (tertiary/aromatic N) is 4. The monoisotopic (exact) mass is 595 g/mol. The van der Waals surface area contributed by atoms with Crippen LogP contribution in [0.15, 0.2) is 42.5 Å². The average molecular weight is 596 g/mol. The SMILES string of the molecule is CCc1cccc2cc(O)cc(-c3ccc4c(N5CC[C@H]6CC[C@@H](C5)N6)nc(OC[C@@]56CCCN5C[C@H](C)C6)nc4c3F)c12. The first-order chi connectivity index (χ1) is 21.4. The molecule has 0 spiro atoms. The van der Waals surface area contributed by atoms with Gasteiger partial charge in [0, 0.05) is 42.7 Å². The molecule has 4 aliphatic heterocycles. The molecule has 0 amide bonds. The number of benzene rings is 3. The van der Waals surface area contributed by atoms with Crippen LogP contribution in [0.5, 0.6) is 11.8 Å². The Labute approximate surface area is 258 Å². The highest BCUT2D eigenvalue weighted by Crippen LogP contribution is 2.43. The minimum absolute atomic E-state index is 0.0149. The second kappa shape index (κ2) is 10.8. The molecule has 5 heterocycles. The zero-order chi connectivity index (χ0) is 30.0. The molecular weight excluding hydrogens is 553 g/mol. The van der Waals surface area contributed by atoms with Gasteiger partial charge in [0.15, 0.2) is 5.82 Å². The number of hydrogen-bond donors (Lipinski definition) is 2. The molecule has 0 saturated carbocycles. The van der Waals surface area contributed by atoms with Crippen molar-refractivity contribution in [1.82, 2.24) is 20.2 Å². The van der Waals surface area contributed by atoms with Crippen LogP contribution < -0.4 is 15.0 Å². The van der Waals surface area contributed by atoms with Gasteiger partial charge in [-0.3, -0.25) is 4.90 Å².